The van der Waals surface area contributed by atoms with E-state index < -0.39 is 24.6 Å². The molecule has 1 saturated heterocycles. The fourth-order valence-corrected chi connectivity index (χ4v) is 2.55. The van der Waals surface area contributed by atoms with Crippen molar-refractivity contribution in [2.75, 3.05) is 19.7 Å². The molecule has 1 N–H and O–H groups in total. The number of aliphatic hydroxyl groups is 1. The summed E-state index contributed by atoms with van der Waals surface area (Å²) in [5, 5.41) is 9.61. The molecule has 0 atom stereocenters. The third kappa shape index (κ3) is 4.08. The molecule has 2 rings (SSSR count). The highest BCUT2D eigenvalue weighted by Crippen LogP contribution is 2.38. The summed E-state index contributed by atoms with van der Waals surface area (Å²) in [4.78, 5) is 13.4. The number of ether oxygens (including phenoxy) is 1. The van der Waals surface area contributed by atoms with Gasteiger partial charge < -0.3 is 14.7 Å². The van der Waals surface area contributed by atoms with Gasteiger partial charge in [0.1, 0.15) is 5.75 Å². The molecular formula is C17H20F3NO3. The Balaban J connectivity index is 1.99. The Morgan fingerprint density at radius 1 is 1.33 bits per heavy atom. The molecule has 7 heteroatoms. The maximum atomic E-state index is 12.8. The number of hydrogen-bond donors (Lipinski definition) is 1. The molecule has 0 aromatic heterocycles. The van der Waals surface area contributed by atoms with Crippen LogP contribution in [-0.4, -0.2) is 47.4 Å². The van der Waals surface area contributed by atoms with Crippen LogP contribution in [0.1, 0.15) is 25.3 Å². The Morgan fingerprint density at radius 3 is 2.54 bits per heavy atom. The van der Waals surface area contributed by atoms with E-state index in [0.717, 1.165) is 5.56 Å². The lowest BCUT2D eigenvalue weighted by Gasteiger charge is -2.38. The molecule has 0 saturated carbocycles. The topological polar surface area (TPSA) is 49.8 Å². The van der Waals surface area contributed by atoms with Gasteiger partial charge in [-0.3, -0.25) is 4.79 Å². The van der Waals surface area contributed by atoms with Gasteiger partial charge in [0.2, 0.25) is 5.91 Å². The SMILES string of the molecule is CCOc1ccccc1/C=C/C(=O)N1CCC(O)(C(F)(F)F)CC1. The molecule has 0 unspecified atom stereocenters. The average Bonchev–Trinajstić information content (AvgIpc) is 2.54. The van der Waals surface area contributed by atoms with E-state index in [1.165, 1.54) is 11.0 Å². The van der Waals surface area contributed by atoms with Crippen LogP contribution in [0.3, 0.4) is 0 Å². The molecule has 1 fully saturated rings. The van der Waals surface area contributed by atoms with Crippen molar-refractivity contribution in [3.8, 4) is 5.75 Å². The van der Waals surface area contributed by atoms with Crippen molar-refractivity contribution in [2.45, 2.75) is 31.5 Å². The summed E-state index contributed by atoms with van der Waals surface area (Å²) in [6.07, 6.45) is -2.79. The minimum Gasteiger partial charge on any atom is -0.493 e. The molecule has 0 radical (unpaired) electrons. The minimum atomic E-state index is -4.67. The van der Waals surface area contributed by atoms with Gasteiger partial charge in [-0.1, -0.05) is 18.2 Å². The number of carbonyl (C=O) groups is 1. The average molecular weight is 343 g/mol. The smallest absolute Gasteiger partial charge is 0.417 e. The molecule has 1 aromatic rings. The summed E-state index contributed by atoms with van der Waals surface area (Å²) in [5.74, 6) is 0.250. The van der Waals surface area contributed by atoms with E-state index in [1.807, 2.05) is 13.0 Å². The number of para-hydroxylation sites is 1. The lowest BCUT2D eigenvalue weighted by Crippen LogP contribution is -2.54. The van der Waals surface area contributed by atoms with Crippen molar-refractivity contribution in [1.82, 2.24) is 4.90 Å². The van der Waals surface area contributed by atoms with Crippen LogP contribution in [0.15, 0.2) is 30.3 Å². The van der Waals surface area contributed by atoms with Crippen LogP contribution in [0.25, 0.3) is 6.08 Å². The fourth-order valence-electron chi connectivity index (χ4n) is 2.55. The first-order chi connectivity index (χ1) is 11.3. The van der Waals surface area contributed by atoms with Gasteiger partial charge in [-0.05, 0) is 19.1 Å². The van der Waals surface area contributed by atoms with Gasteiger partial charge in [-0.15, -0.1) is 0 Å². The number of hydrogen-bond acceptors (Lipinski definition) is 3. The van der Waals surface area contributed by atoms with Gasteiger partial charge in [0.05, 0.1) is 6.61 Å². The summed E-state index contributed by atoms with van der Waals surface area (Å²) in [7, 11) is 0. The zero-order chi connectivity index (χ0) is 17.8. The molecule has 1 amide bonds. The molecule has 0 spiro atoms. The van der Waals surface area contributed by atoms with E-state index in [-0.39, 0.29) is 19.0 Å². The number of piperidine rings is 1. The van der Waals surface area contributed by atoms with Crippen LogP contribution in [0, 0.1) is 0 Å². The van der Waals surface area contributed by atoms with Gasteiger partial charge in [0.25, 0.3) is 0 Å². The van der Waals surface area contributed by atoms with E-state index in [0.29, 0.717) is 12.4 Å². The van der Waals surface area contributed by atoms with Crippen LogP contribution in [-0.2, 0) is 4.79 Å². The Morgan fingerprint density at radius 2 is 1.96 bits per heavy atom. The van der Waals surface area contributed by atoms with Gasteiger partial charge in [-0.2, -0.15) is 13.2 Å². The zero-order valence-corrected chi connectivity index (χ0v) is 13.3. The maximum absolute atomic E-state index is 12.8. The normalized spacial score (nSPS) is 18.0. The first-order valence-corrected chi connectivity index (χ1v) is 7.75. The number of nitrogens with zero attached hydrogens (tertiary/aromatic N) is 1. The van der Waals surface area contributed by atoms with Crippen molar-refractivity contribution >= 4 is 12.0 Å². The third-order valence-electron chi connectivity index (χ3n) is 4.05. The molecule has 0 aliphatic carbocycles. The second kappa shape index (κ2) is 7.25. The lowest BCUT2D eigenvalue weighted by atomic mass is 9.91. The third-order valence-corrected chi connectivity index (χ3v) is 4.05. The number of alkyl halides is 3. The van der Waals surface area contributed by atoms with E-state index in [2.05, 4.69) is 0 Å². The summed E-state index contributed by atoms with van der Waals surface area (Å²) < 4.78 is 43.7. The summed E-state index contributed by atoms with van der Waals surface area (Å²) in [6.45, 7) is 2.07. The Labute approximate surface area is 138 Å². The molecule has 1 aliphatic heterocycles. The van der Waals surface area contributed by atoms with Crippen LogP contribution in [0.2, 0.25) is 0 Å². The van der Waals surface area contributed by atoms with E-state index >= 15 is 0 Å². The van der Waals surface area contributed by atoms with Crippen molar-refractivity contribution in [3.63, 3.8) is 0 Å². The highest BCUT2D eigenvalue weighted by molar-refractivity contribution is 5.92. The minimum absolute atomic E-state index is 0.133. The van der Waals surface area contributed by atoms with E-state index in [9.17, 15) is 23.1 Å². The monoisotopic (exact) mass is 343 g/mol. The summed E-state index contributed by atoms with van der Waals surface area (Å²) >= 11 is 0. The maximum Gasteiger partial charge on any atom is 0.417 e. The molecular weight excluding hydrogens is 323 g/mol. The number of likely N-dealkylation sites (tertiary alicyclic amines) is 1. The summed E-state index contributed by atoms with van der Waals surface area (Å²) in [5.41, 5.74) is -1.98. The molecule has 4 nitrogen and oxygen atoms in total. The molecule has 24 heavy (non-hydrogen) atoms. The van der Waals surface area contributed by atoms with Crippen molar-refractivity contribution in [3.05, 3.63) is 35.9 Å². The number of carbonyl (C=O) groups excluding carboxylic acids is 1. The Bertz CT molecular complexity index is 605. The van der Waals surface area contributed by atoms with Crippen molar-refractivity contribution in [2.24, 2.45) is 0 Å². The highest BCUT2D eigenvalue weighted by Gasteiger charge is 2.54. The zero-order valence-electron chi connectivity index (χ0n) is 13.3. The first-order valence-electron chi connectivity index (χ1n) is 7.75. The van der Waals surface area contributed by atoms with Crippen LogP contribution < -0.4 is 4.74 Å². The summed E-state index contributed by atoms with van der Waals surface area (Å²) in [6, 6.07) is 7.18. The Hall–Kier alpha value is -2.02. The van der Waals surface area contributed by atoms with Gasteiger partial charge in [0.15, 0.2) is 5.60 Å². The number of halogens is 3. The molecule has 132 valence electrons. The van der Waals surface area contributed by atoms with Gasteiger partial charge in [0, 0.05) is 37.6 Å². The van der Waals surface area contributed by atoms with E-state index in [1.54, 1.807) is 24.3 Å². The second-order valence-electron chi connectivity index (χ2n) is 5.66. The molecule has 0 bridgehead atoms. The second-order valence-corrected chi connectivity index (χ2v) is 5.66. The number of amides is 1. The van der Waals surface area contributed by atoms with Crippen molar-refractivity contribution < 1.29 is 27.8 Å². The molecule has 1 aromatic carbocycles. The predicted molar refractivity (Wildman–Crippen MR) is 83.5 cm³/mol. The van der Waals surface area contributed by atoms with Crippen LogP contribution in [0.4, 0.5) is 13.2 Å². The number of rotatable bonds is 4. The lowest BCUT2D eigenvalue weighted by molar-refractivity contribution is -0.271. The van der Waals surface area contributed by atoms with Crippen LogP contribution >= 0.6 is 0 Å². The Kier molecular flexibility index (Phi) is 5.54. The quantitative estimate of drug-likeness (QED) is 0.855. The molecule has 1 aliphatic rings. The first kappa shape index (κ1) is 18.3. The van der Waals surface area contributed by atoms with E-state index in [4.69, 9.17) is 4.74 Å². The highest BCUT2D eigenvalue weighted by atomic mass is 19.4. The van der Waals surface area contributed by atoms with Crippen molar-refractivity contribution in [1.29, 1.82) is 0 Å². The largest absolute Gasteiger partial charge is 0.493 e. The number of benzene rings is 1. The van der Waals surface area contributed by atoms with Crippen LogP contribution in [0.5, 0.6) is 5.75 Å². The predicted octanol–water partition coefficient (Wildman–Crippen LogP) is 3.01. The van der Waals surface area contributed by atoms with Gasteiger partial charge in [-0.25, -0.2) is 0 Å². The fraction of sp³-hybridized carbons (Fsp3) is 0.471. The van der Waals surface area contributed by atoms with Gasteiger partial charge >= 0.3 is 6.18 Å². The molecule has 1 heterocycles. The standard InChI is InChI=1S/C17H20F3NO3/c1-2-24-14-6-4-3-5-13(14)7-8-15(22)21-11-9-16(23,10-12-21)17(18,19)20/h3-8,23H,2,9-12H2,1H3/b8-7+.